The molecule has 1 aromatic rings. The van der Waals surface area contributed by atoms with E-state index in [-0.39, 0.29) is 0 Å². The zero-order chi connectivity index (χ0) is 15.4. The summed E-state index contributed by atoms with van der Waals surface area (Å²) in [7, 11) is 1.86. The molecule has 1 N–H and O–H groups in total. The minimum absolute atomic E-state index is 0.629. The van der Waals surface area contributed by atoms with E-state index in [4.69, 9.17) is 4.74 Å². The fraction of sp³-hybridized carbons (Fsp3) is 0.733. The van der Waals surface area contributed by atoms with Gasteiger partial charge in [0, 0.05) is 50.3 Å². The van der Waals surface area contributed by atoms with Crippen LogP contribution in [0, 0.1) is 6.92 Å². The van der Waals surface area contributed by atoms with Gasteiger partial charge in [-0.3, -0.25) is 9.89 Å². The van der Waals surface area contributed by atoms with Gasteiger partial charge >= 0.3 is 0 Å². The second-order valence-electron chi connectivity index (χ2n) is 5.82. The Hall–Kier alpha value is -1.18. The molecule has 2 fully saturated rings. The summed E-state index contributed by atoms with van der Waals surface area (Å²) in [6, 6.07) is 0.629. The number of nitrogens with one attached hydrogen (secondary N) is 1. The first-order valence-electron chi connectivity index (χ1n) is 7.94. The van der Waals surface area contributed by atoms with Gasteiger partial charge in [0.15, 0.2) is 5.96 Å². The number of aliphatic imine (C=N–C) groups is 1. The Bertz CT molecular complexity index is 512. The van der Waals surface area contributed by atoms with E-state index in [0.717, 1.165) is 62.6 Å². The lowest BCUT2D eigenvalue weighted by atomic mass is 10.2. The van der Waals surface area contributed by atoms with Gasteiger partial charge in [-0.05, 0) is 13.3 Å². The average Bonchev–Trinajstić information content (AvgIpc) is 3.18. The van der Waals surface area contributed by atoms with Crippen molar-refractivity contribution in [2.24, 2.45) is 4.99 Å². The van der Waals surface area contributed by atoms with Crippen LogP contribution in [0.4, 0.5) is 0 Å². The van der Waals surface area contributed by atoms with E-state index < -0.39 is 0 Å². The molecule has 0 saturated carbocycles. The van der Waals surface area contributed by atoms with Crippen LogP contribution in [0.2, 0.25) is 0 Å². The lowest BCUT2D eigenvalue weighted by Gasteiger charge is -2.32. The third-order valence-corrected chi connectivity index (χ3v) is 5.27. The second-order valence-corrected chi connectivity index (χ2v) is 6.76. The van der Waals surface area contributed by atoms with Crippen molar-refractivity contribution in [2.45, 2.75) is 25.9 Å². The van der Waals surface area contributed by atoms with Gasteiger partial charge in [-0.1, -0.05) is 0 Å². The largest absolute Gasteiger partial charge is 0.379 e. The van der Waals surface area contributed by atoms with Crippen LogP contribution in [0.15, 0.2) is 10.4 Å². The number of hydrogen-bond acceptors (Lipinski definition) is 5. The zero-order valence-electron chi connectivity index (χ0n) is 13.4. The van der Waals surface area contributed by atoms with Crippen LogP contribution in [-0.2, 0) is 11.3 Å². The van der Waals surface area contributed by atoms with Crippen molar-refractivity contribution >= 4 is 17.3 Å². The molecule has 1 aromatic heterocycles. The predicted molar refractivity (Wildman–Crippen MR) is 89.4 cm³/mol. The highest BCUT2D eigenvalue weighted by Crippen LogP contribution is 2.17. The number of guanidine groups is 1. The van der Waals surface area contributed by atoms with Gasteiger partial charge < -0.3 is 15.0 Å². The molecule has 0 radical (unpaired) electrons. The third-order valence-electron chi connectivity index (χ3n) is 4.30. The summed E-state index contributed by atoms with van der Waals surface area (Å²) in [5.74, 6) is 0.989. The SMILES string of the molecule is CN=C(NCc1nc(C)cs1)N1CCC(N2CCOCC2)C1. The van der Waals surface area contributed by atoms with Gasteiger partial charge in [-0.2, -0.15) is 0 Å². The quantitative estimate of drug-likeness (QED) is 0.663. The molecule has 2 saturated heterocycles. The summed E-state index contributed by atoms with van der Waals surface area (Å²) in [6.07, 6.45) is 1.21. The number of hydrogen-bond donors (Lipinski definition) is 1. The van der Waals surface area contributed by atoms with E-state index in [1.54, 1.807) is 11.3 Å². The first-order chi connectivity index (χ1) is 10.8. The van der Waals surface area contributed by atoms with Crippen LogP contribution >= 0.6 is 11.3 Å². The zero-order valence-corrected chi connectivity index (χ0v) is 14.2. The molecule has 7 heteroatoms. The van der Waals surface area contributed by atoms with E-state index >= 15 is 0 Å². The Morgan fingerprint density at radius 1 is 1.45 bits per heavy atom. The third kappa shape index (κ3) is 3.77. The van der Waals surface area contributed by atoms with Gasteiger partial charge in [-0.15, -0.1) is 11.3 Å². The second kappa shape index (κ2) is 7.39. The molecule has 122 valence electrons. The monoisotopic (exact) mass is 323 g/mol. The summed E-state index contributed by atoms with van der Waals surface area (Å²) >= 11 is 1.70. The van der Waals surface area contributed by atoms with E-state index in [2.05, 4.69) is 30.5 Å². The molecule has 3 rings (SSSR count). The summed E-state index contributed by atoms with van der Waals surface area (Å²) in [6.45, 7) is 8.76. The number of aromatic nitrogens is 1. The van der Waals surface area contributed by atoms with E-state index in [0.29, 0.717) is 6.04 Å². The maximum Gasteiger partial charge on any atom is 0.194 e. The van der Waals surface area contributed by atoms with Crippen molar-refractivity contribution in [1.29, 1.82) is 0 Å². The number of morpholine rings is 1. The maximum atomic E-state index is 5.45. The Labute approximate surface area is 136 Å². The van der Waals surface area contributed by atoms with Crippen molar-refractivity contribution in [3.8, 4) is 0 Å². The molecular weight excluding hydrogens is 298 g/mol. The normalized spacial score (nSPS) is 24.0. The highest BCUT2D eigenvalue weighted by atomic mass is 32.1. The van der Waals surface area contributed by atoms with Crippen LogP contribution < -0.4 is 5.32 Å². The van der Waals surface area contributed by atoms with Crippen molar-refractivity contribution in [3.05, 3.63) is 16.1 Å². The lowest BCUT2D eigenvalue weighted by molar-refractivity contribution is 0.0195. The van der Waals surface area contributed by atoms with Gasteiger partial charge in [-0.25, -0.2) is 4.98 Å². The van der Waals surface area contributed by atoms with Gasteiger partial charge in [0.1, 0.15) is 5.01 Å². The highest BCUT2D eigenvalue weighted by Gasteiger charge is 2.30. The number of rotatable bonds is 3. The summed E-state index contributed by atoms with van der Waals surface area (Å²) < 4.78 is 5.45. The number of nitrogens with zero attached hydrogens (tertiary/aromatic N) is 4. The molecule has 0 aliphatic carbocycles. The Morgan fingerprint density at radius 2 is 2.27 bits per heavy atom. The van der Waals surface area contributed by atoms with E-state index in [1.807, 2.05) is 14.0 Å². The molecule has 1 atom stereocenters. The average molecular weight is 323 g/mol. The molecule has 2 aliphatic rings. The van der Waals surface area contributed by atoms with Crippen LogP contribution in [0.1, 0.15) is 17.1 Å². The van der Waals surface area contributed by atoms with Crippen LogP contribution in [0.3, 0.4) is 0 Å². The molecule has 2 aliphatic heterocycles. The molecule has 1 unspecified atom stereocenters. The fourth-order valence-corrected chi connectivity index (χ4v) is 3.86. The van der Waals surface area contributed by atoms with Crippen molar-refractivity contribution in [1.82, 2.24) is 20.1 Å². The smallest absolute Gasteiger partial charge is 0.194 e. The highest BCUT2D eigenvalue weighted by molar-refractivity contribution is 7.09. The molecule has 0 amide bonds. The summed E-state index contributed by atoms with van der Waals surface area (Å²) in [5.41, 5.74) is 1.09. The maximum absolute atomic E-state index is 5.45. The minimum Gasteiger partial charge on any atom is -0.379 e. The van der Waals surface area contributed by atoms with Crippen molar-refractivity contribution in [2.75, 3.05) is 46.4 Å². The molecule has 6 nitrogen and oxygen atoms in total. The van der Waals surface area contributed by atoms with E-state index in [1.165, 1.54) is 6.42 Å². The molecular formula is C15H25N5OS. The standard InChI is InChI=1S/C15H25N5OS/c1-12-11-22-14(18-12)9-17-15(16-2)20-4-3-13(10-20)19-5-7-21-8-6-19/h11,13H,3-10H2,1-2H3,(H,16,17). The lowest BCUT2D eigenvalue weighted by Crippen LogP contribution is -2.46. The number of thiazole rings is 1. The van der Waals surface area contributed by atoms with Crippen LogP contribution in [-0.4, -0.2) is 73.2 Å². The van der Waals surface area contributed by atoms with Crippen molar-refractivity contribution < 1.29 is 4.74 Å². The molecule has 0 spiro atoms. The van der Waals surface area contributed by atoms with Gasteiger partial charge in [0.25, 0.3) is 0 Å². The number of aryl methyl sites for hydroxylation is 1. The number of likely N-dealkylation sites (tertiary alicyclic amines) is 1. The molecule has 0 bridgehead atoms. The first-order valence-corrected chi connectivity index (χ1v) is 8.82. The van der Waals surface area contributed by atoms with E-state index in [9.17, 15) is 0 Å². The topological polar surface area (TPSA) is 53.0 Å². The first kappa shape index (κ1) is 15.7. The van der Waals surface area contributed by atoms with Crippen LogP contribution in [0.5, 0.6) is 0 Å². The molecule has 22 heavy (non-hydrogen) atoms. The minimum atomic E-state index is 0.629. The fourth-order valence-electron chi connectivity index (χ4n) is 3.15. The van der Waals surface area contributed by atoms with Crippen molar-refractivity contribution in [3.63, 3.8) is 0 Å². The Kier molecular flexibility index (Phi) is 5.28. The Morgan fingerprint density at radius 3 is 2.95 bits per heavy atom. The van der Waals surface area contributed by atoms with Gasteiger partial charge in [0.2, 0.25) is 0 Å². The number of ether oxygens (including phenoxy) is 1. The van der Waals surface area contributed by atoms with Gasteiger partial charge in [0.05, 0.1) is 19.8 Å². The Balaban J connectivity index is 1.51. The molecule has 0 aromatic carbocycles. The van der Waals surface area contributed by atoms with Crippen LogP contribution in [0.25, 0.3) is 0 Å². The predicted octanol–water partition coefficient (Wildman–Crippen LogP) is 0.933. The summed E-state index contributed by atoms with van der Waals surface area (Å²) in [5, 5.41) is 6.65. The summed E-state index contributed by atoms with van der Waals surface area (Å²) in [4.78, 5) is 13.8. The molecule has 3 heterocycles.